The van der Waals surface area contributed by atoms with Crippen LogP contribution in [0.5, 0.6) is 0 Å². The van der Waals surface area contributed by atoms with Crippen LogP contribution >= 0.6 is 0 Å². The molecule has 3 atom stereocenters. The molecule has 0 fully saturated rings. The van der Waals surface area contributed by atoms with E-state index < -0.39 is 0 Å². The number of ether oxygens (including phenoxy) is 1. The third-order valence-electron chi connectivity index (χ3n) is 2.92. The van der Waals surface area contributed by atoms with Crippen LogP contribution in [0.2, 0.25) is 0 Å². The molecule has 0 saturated heterocycles. The van der Waals surface area contributed by atoms with Gasteiger partial charge in [0.15, 0.2) is 0 Å². The van der Waals surface area contributed by atoms with Crippen molar-refractivity contribution in [2.75, 3.05) is 7.11 Å². The molecule has 0 radical (unpaired) electrons. The molecule has 1 aliphatic rings. The molecule has 0 bridgehead atoms. The first-order valence-electron chi connectivity index (χ1n) is 4.36. The number of methoxy groups -OCH3 is 1. The SMILES string of the molecule is CCC1(C)C=CC(C)[C@@H]1OC. The van der Waals surface area contributed by atoms with Gasteiger partial charge in [0, 0.05) is 18.4 Å². The highest BCUT2D eigenvalue weighted by atomic mass is 16.5. The second kappa shape index (κ2) is 2.98. The lowest BCUT2D eigenvalue weighted by Gasteiger charge is -2.30. The first kappa shape index (κ1) is 8.79. The Morgan fingerprint density at radius 1 is 1.55 bits per heavy atom. The van der Waals surface area contributed by atoms with Crippen LogP contribution < -0.4 is 0 Å². The lowest BCUT2D eigenvalue weighted by atomic mass is 9.82. The summed E-state index contributed by atoms with van der Waals surface area (Å²) in [7, 11) is 1.81. The molecule has 0 aromatic heterocycles. The van der Waals surface area contributed by atoms with Crippen LogP contribution in [-0.4, -0.2) is 13.2 Å². The maximum absolute atomic E-state index is 5.47. The second-order valence-corrected chi connectivity index (χ2v) is 3.73. The first-order chi connectivity index (χ1) is 5.14. The second-order valence-electron chi connectivity index (χ2n) is 3.73. The zero-order chi connectivity index (χ0) is 8.48. The third-order valence-corrected chi connectivity index (χ3v) is 2.92. The minimum absolute atomic E-state index is 0.272. The van der Waals surface area contributed by atoms with Gasteiger partial charge in [0.05, 0.1) is 6.10 Å². The highest BCUT2D eigenvalue weighted by Gasteiger charge is 2.37. The predicted molar refractivity (Wildman–Crippen MR) is 47.5 cm³/mol. The molecule has 0 aromatic carbocycles. The van der Waals surface area contributed by atoms with Crippen molar-refractivity contribution in [1.29, 1.82) is 0 Å². The van der Waals surface area contributed by atoms with E-state index in [4.69, 9.17) is 4.74 Å². The summed E-state index contributed by atoms with van der Waals surface area (Å²) in [5, 5.41) is 0. The number of hydrogen-bond donors (Lipinski definition) is 0. The zero-order valence-corrected chi connectivity index (χ0v) is 7.92. The molecule has 64 valence electrons. The lowest BCUT2D eigenvalue weighted by Crippen LogP contribution is -2.31. The first-order valence-corrected chi connectivity index (χ1v) is 4.36. The van der Waals surface area contributed by atoms with Gasteiger partial charge in [-0.3, -0.25) is 0 Å². The van der Waals surface area contributed by atoms with Crippen molar-refractivity contribution in [3.05, 3.63) is 12.2 Å². The van der Waals surface area contributed by atoms with Crippen LogP contribution in [-0.2, 0) is 4.74 Å². The summed E-state index contributed by atoms with van der Waals surface area (Å²) in [6.07, 6.45) is 6.10. The standard InChI is InChI=1S/C10H18O/c1-5-10(3)7-6-8(2)9(10)11-4/h6-9H,5H2,1-4H3/t8?,9-,10?/m0/s1. The van der Waals surface area contributed by atoms with Gasteiger partial charge < -0.3 is 4.74 Å². The van der Waals surface area contributed by atoms with E-state index in [9.17, 15) is 0 Å². The normalized spacial score (nSPS) is 43.3. The monoisotopic (exact) mass is 154 g/mol. The van der Waals surface area contributed by atoms with Crippen LogP contribution in [0.4, 0.5) is 0 Å². The summed E-state index contributed by atoms with van der Waals surface area (Å²) in [4.78, 5) is 0. The van der Waals surface area contributed by atoms with Gasteiger partial charge in [0.1, 0.15) is 0 Å². The molecule has 1 aliphatic carbocycles. The van der Waals surface area contributed by atoms with Gasteiger partial charge in [-0.25, -0.2) is 0 Å². The fourth-order valence-electron chi connectivity index (χ4n) is 1.97. The summed E-state index contributed by atoms with van der Waals surface area (Å²) in [6, 6.07) is 0. The summed E-state index contributed by atoms with van der Waals surface area (Å²) in [6.45, 7) is 6.70. The number of hydrogen-bond acceptors (Lipinski definition) is 1. The van der Waals surface area contributed by atoms with Gasteiger partial charge in [0.25, 0.3) is 0 Å². The molecular weight excluding hydrogens is 136 g/mol. The molecule has 11 heavy (non-hydrogen) atoms. The molecule has 0 aliphatic heterocycles. The Bertz CT molecular complexity index is 162. The predicted octanol–water partition coefficient (Wildman–Crippen LogP) is 2.62. The molecule has 0 heterocycles. The molecule has 1 heteroatoms. The van der Waals surface area contributed by atoms with Crippen molar-refractivity contribution >= 4 is 0 Å². The molecule has 2 unspecified atom stereocenters. The maximum atomic E-state index is 5.47. The van der Waals surface area contributed by atoms with Gasteiger partial charge in [0.2, 0.25) is 0 Å². The van der Waals surface area contributed by atoms with E-state index >= 15 is 0 Å². The summed E-state index contributed by atoms with van der Waals surface area (Å²) in [5.41, 5.74) is 0.272. The minimum atomic E-state index is 0.272. The molecule has 0 spiro atoms. The summed E-state index contributed by atoms with van der Waals surface area (Å²) < 4.78 is 5.47. The van der Waals surface area contributed by atoms with Crippen molar-refractivity contribution in [1.82, 2.24) is 0 Å². The Labute approximate surface area is 69.4 Å². The topological polar surface area (TPSA) is 9.23 Å². The largest absolute Gasteiger partial charge is 0.380 e. The average molecular weight is 154 g/mol. The Kier molecular flexibility index (Phi) is 2.38. The van der Waals surface area contributed by atoms with E-state index in [-0.39, 0.29) is 5.41 Å². The van der Waals surface area contributed by atoms with E-state index in [0.29, 0.717) is 12.0 Å². The maximum Gasteiger partial charge on any atom is 0.0718 e. The molecule has 0 N–H and O–H groups in total. The van der Waals surface area contributed by atoms with E-state index in [1.54, 1.807) is 0 Å². The van der Waals surface area contributed by atoms with Crippen molar-refractivity contribution < 1.29 is 4.74 Å². The minimum Gasteiger partial charge on any atom is -0.380 e. The summed E-state index contributed by atoms with van der Waals surface area (Å²) in [5.74, 6) is 0.574. The number of rotatable bonds is 2. The van der Waals surface area contributed by atoms with E-state index in [2.05, 4.69) is 32.9 Å². The van der Waals surface area contributed by atoms with Crippen molar-refractivity contribution in [3.8, 4) is 0 Å². The smallest absolute Gasteiger partial charge is 0.0718 e. The van der Waals surface area contributed by atoms with Crippen LogP contribution in [0.15, 0.2) is 12.2 Å². The van der Waals surface area contributed by atoms with Gasteiger partial charge in [-0.05, 0) is 6.42 Å². The van der Waals surface area contributed by atoms with Crippen LogP contribution in [0.25, 0.3) is 0 Å². The fourth-order valence-corrected chi connectivity index (χ4v) is 1.97. The fraction of sp³-hybridized carbons (Fsp3) is 0.800. The Morgan fingerprint density at radius 2 is 2.18 bits per heavy atom. The van der Waals surface area contributed by atoms with E-state index in [1.165, 1.54) is 0 Å². The Balaban J connectivity index is 2.75. The van der Waals surface area contributed by atoms with Crippen molar-refractivity contribution in [2.45, 2.75) is 33.3 Å². The van der Waals surface area contributed by atoms with E-state index in [1.807, 2.05) is 7.11 Å². The quantitative estimate of drug-likeness (QED) is 0.555. The Hall–Kier alpha value is -0.300. The highest BCUT2D eigenvalue weighted by molar-refractivity contribution is 5.13. The van der Waals surface area contributed by atoms with E-state index in [0.717, 1.165) is 6.42 Å². The molecule has 1 nitrogen and oxygen atoms in total. The van der Waals surface area contributed by atoms with Crippen LogP contribution in [0, 0.1) is 11.3 Å². The Morgan fingerprint density at radius 3 is 2.55 bits per heavy atom. The van der Waals surface area contributed by atoms with Gasteiger partial charge in [-0.1, -0.05) is 32.9 Å². The molecule has 0 aromatic rings. The molecule has 1 rings (SSSR count). The van der Waals surface area contributed by atoms with Gasteiger partial charge >= 0.3 is 0 Å². The zero-order valence-electron chi connectivity index (χ0n) is 7.92. The molecular formula is C10H18O. The van der Waals surface area contributed by atoms with Crippen LogP contribution in [0.3, 0.4) is 0 Å². The average Bonchev–Trinajstić information content (AvgIpc) is 2.29. The summed E-state index contributed by atoms with van der Waals surface area (Å²) >= 11 is 0. The lowest BCUT2D eigenvalue weighted by molar-refractivity contribution is 0.00754. The highest BCUT2D eigenvalue weighted by Crippen LogP contribution is 2.39. The van der Waals surface area contributed by atoms with Crippen LogP contribution in [0.1, 0.15) is 27.2 Å². The van der Waals surface area contributed by atoms with Gasteiger partial charge in [-0.15, -0.1) is 0 Å². The third kappa shape index (κ3) is 1.34. The molecule has 0 saturated carbocycles. The molecule has 0 amide bonds. The van der Waals surface area contributed by atoms with Gasteiger partial charge in [-0.2, -0.15) is 0 Å². The van der Waals surface area contributed by atoms with Crippen molar-refractivity contribution in [2.24, 2.45) is 11.3 Å². The van der Waals surface area contributed by atoms with Crippen molar-refractivity contribution in [3.63, 3.8) is 0 Å².